The van der Waals surface area contributed by atoms with Gasteiger partial charge in [-0.1, -0.05) is 0 Å². The fourth-order valence-corrected chi connectivity index (χ4v) is 4.11. The molecule has 1 fully saturated rings. The van der Waals surface area contributed by atoms with E-state index in [0.29, 0.717) is 56.2 Å². The highest BCUT2D eigenvalue weighted by atomic mass is 16.6. The van der Waals surface area contributed by atoms with Crippen molar-refractivity contribution in [3.05, 3.63) is 42.4 Å². The van der Waals surface area contributed by atoms with Crippen molar-refractivity contribution in [1.82, 2.24) is 19.5 Å². The predicted octanol–water partition coefficient (Wildman–Crippen LogP) is 4.13. The molecule has 3 aromatic rings. The van der Waals surface area contributed by atoms with Gasteiger partial charge in [0.2, 0.25) is 0 Å². The molecule has 4 rings (SSSR count). The molecule has 4 heterocycles. The van der Waals surface area contributed by atoms with Gasteiger partial charge in [0.1, 0.15) is 24.2 Å². The van der Waals surface area contributed by atoms with Crippen LogP contribution in [0.3, 0.4) is 0 Å². The Morgan fingerprint density at radius 2 is 1.89 bits per heavy atom. The number of hydrogen-bond donors (Lipinski definition) is 0. The van der Waals surface area contributed by atoms with Crippen molar-refractivity contribution in [2.24, 2.45) is 0 Å². The molecule has 0 spiro atoms. The second-order valence-electron chi connectivity index (χ2n) is 10.2. The molecule has 1 saturated heterocycles. The van der Waals surface area contributed by atoms with Gasteiger partial charge < -0.3 is 24.0 Å². The van der Waals surface area contributed by atoms with E-state index in [2.05, 4.69) is 16.1 Å². The van der Waals surface area contributed by atoms with E-state index in [1.807, 2.05) is 52.8 Å². The van der Waals surface area contributed by atoms with Crippen molar-refractivity contribution >= 4 is 17.4 Å². The highest BCUT2D eigenvalue weighted by Gasteiger charge is 2.24. The Balaban J connectivity index is 1.50. The number of nitrogens with zero attached hydrogens (tertiary/aromatic N) is 6. The van der Waals surface area contributed by atoms with Crippen LogP contribution in [0.15, 0.2) is 36.8 Å². The second kappa shape index (κ2) is 11.0. The lowest BCUT2D eigenvalue weighted by atomic mass is 10.1. The highest BCUT2D eigenvalue weighted by molar-refractivity contribution is 5.85. The Morgan fingerprint density at radius 1 is 1.14 bits per heavy atom. The number of pyridine rings is 2. The summed E-state index contributed by atoms with van der Waals surface area (Å²) in [4.78, 5) is 20.7. The molecule has 37 heavy (non-hydrogen) atoms. The molecule has 0 N–H and O–H groups in total. The average molecular weight is 507 g/mol. The molecule has 0 bridgehead atoms. The monoisotopic (exact) mass is 506 g/mol. The summed E-state index contributed by atoms with van der Waals surface area (Å²) in [6.45, 7) is 13.0. The number of fused-ring (bicyclic) bond motifs is 1. The predicted molar refractivity (Wildman–Crippen MR) is 140 cm³/mol. The van der Waals surface area contributed by atoms with Gasteiger partial charge in [-0.2, -0.15) is 10.4 Å². The van der Waals surface area contributed by atoms with Gasteiger partial charge in [0.15, 0.2) is 0 Å². The Morgan fingerprint density at radius 3 is 2.51 bits per heavy atom. The summed E-state index contributed by atoms with van der Waals surface area (Å²) >= 11 is 0. The number of hydrogen-bond acceptors (Lipinski definition) is 8. The fraction of sp³-hybridized carbons (Fsp3) is 0.481. The topological polar surface area (TPSA) is 105 Å². The fourth-order valence-electron chi connectivity index (χ4n) is 4.11. The third-order valence-corrected chi connectivity index (χ3v) is 5.85. The van der Waals surface area contributed by atoms with Gasteiger partial charge in [0, 0.05) is 43.5 Å². The molecule has 0 saturated carbocycles. The first-order valence-corrected chi connectivity index (χ1v) is 12.5. The Labute approximate surface area is 217 Å². The zero-order valence-electron chi connectivity index (χ0n) is 22.1. The van der Waals surface area contributed by atoms with Gasteiger partial charge >= 0.3 is 6.09 Å². The summed E-state index contributed by atoms with van der Waals surface area (Å²) in [5, 5.41) is 14.0. The number of piperazine rings is 1. The smallest absolute Gasteiger partial charge is 0.410 e. The molecule has 10 nitrogen and oxygen atoms in total. The van der Waals surface area contributed by atoms with Crippen LogP contribution < -0.4 is 9.64 Å². The molecule has 1 aliphatic heterocycles. The molecule has 1 aliphatic rings. The van der Waals surface area contributed by atoms with Crippen molar-refractivity contribution < 1.29 is 19.0 Å². The SMILES string of the molecule is CC(C)OC(=O)N1CCN(c2ccc(-c3cc(OCCOC(C)(C)C)cn4ncc(C#N)c34)cn2)CC1. The van der Waals surface area contributed by atoms with Crippen LogP contribution in [0.1, 0.15) is 40.2 Å². The van der Waals surface area contributed by atoms with Crippen molar-refractivity contribution in [2.45, 2.75) is 46.3 Å². The van der Waals surface area contributed by atoms with E-state index in [-0.39, 0.29) is 17.8 Å². The largest absolute Gasteiger partial charge is 0.490 e. The number of nitriles is 1. The molecular formula is C27H34N6O4. The zero-order chi connectivity index (χ0) is 26.6. The van der Waals surface area contributed by atoms with Crippen molar-refractivity contribution in [2.75, 3.05) is 44.3 Å². The highest BCUT2D eigenvalue weighted by Crippen LogP contribution is 2.31. The second-order valence-corrected chi connectivity index (χ2v) is 10.2. The lowest BCUT2D eigenvalue weighted by Crippen LogP contribution is -2.49. The number of ether oxygens (including phenoxy) is 3. The zero-order valence-corrected chi connectivity index (χ0v) is 22.1. The number of carbonyl (C=O) groups excluding carboxylic acids is 1. The normalized spacial score (nSPS) is 14.2. The Kier molecular flexibility index (Phi) is 7.83. The Bertz CT molecular complexity index is 1270. The first kappa shape index (κ1) is 26.2. The minimum Gasteiger partial charge on any atom is -0.490 e. The van der Waals surface area contributed by atoms with Gasteiger partial charge in [0.05, 0.1) is 41.8 Å². The quantitative estimate of drug-likeness (QED) is 0.441. The van der Waals surface area contributed by atoms with Crippen LogP contribution in [-0.2, 0) is 9.47 Å². The summed E-state index contributed by atoms with van der Waals surface area (Å²) in [5.74, 6) is 1.46. The molecule has 0 aromatic carbocycles. The van der Waals surface area contributed by atoms with Gasteiger partial charge in [0.25, 0.3) is 0 Å². The number of rotatable bonds is 7. The van der Waals surface area contributed by atoms with E-state index < -0.39 is 0 Å². The van der Waals surface area contributed by atoms with Crippen LogP contribution in [0.25, 0.3) is 16.6 Å². The van der Waals surface area contributed by atoms with E-state index in [1.54, 1.807) is 28.0 Å². The van der Waals surface area contributed by atoms with Crippen LogP contribution in [0.2, 0.25) is 0 Å². The van der Waals surface area contributed by atoms with E-state index in [4.69, 9.17) is 19.2 Å². The first-order chi connectivity index (χ1) is 17.6. The summed E-state index contributed by atoms with van der Waals surface area (Å²) in [6.07, 6.45) is 4.71. The molecule has 3 aromatic heterocycles. The number of aromatic nitrogens is 3. The van der Waals surface area contributed by atoms with E-state index in [1.165, 1.54) is 0 Å². The summed E-state index contributed by atoms with van der Waals surface area (Å²) in [6, 6.07) is 8.07. The number of anilines is 1. The van der Waals surface area contributed by atoms with E-state index in [9.17, 15) is 10.1 Å². The van der Waals surface area contributed by atoms with Crippen LogP contribution in [-0.4, -0.2) is 76.7 Å². The van der Waals surface area contributed by atoms with Crippen molar-refractivity contribution in [3.63, 3.8) is 0 Å². The summed E-state index contributed by atoms with van der Waals surface area (Å²) in [5.41, 5.74) is 2.60. The molecule has 0 unspecified atom stereocenters. The average Bonchev–Trinajstić information content (AvgIpc) is 3.28. The van der Waals surface area contributed by atoms with Crippen LogP contribution in [0.5, 0.6) is 5.75 Å². The molecule has 196 valence electrons. The molecule has 10 heteroatoms. The first-order valence-electron chi connectivity index (χ1n) is 12.5. The third-order valence-electron chi connectivity index (χ3n) is 5.85. The maximum Gasteiger partial charge on any atom is 0.410 e. The van der Waals surface area contributed by atoms with E-state index >= 15 is 0 Å². The van der Waals surface area contributed by atoms with Gasteiger partial charge in [-0.15, -0.1) is 0 Å². The van der Waals surface area contributed by atoms with Gasteiger partial charge in [-0.25, -0.2) is 14.3 Å². The Hall–Kier alpha value is -3.84. The summed E-state index contributed by atoms with van der Waals surface area (Å²) < 4.78 is 18.7. The van der Waals surface area contributed by atoms with Crippen molar-refractivity contribution in [1.29, 1.82) is 5.26 Å². The lowest BCUT2D eigenvalue weighted by Gasteiger charge is -2.35. The van der Waals surface area contributed by atoms with Gasteiger partial charge in [-0.05, 0) is 52.8 Å². The molecular weight excluding hydrogens is 472 g/mol. The maximum atomic E-state index is 12.2. The van der Waals surface area contributed by atoms with Crippen LogP contribution in [0.4, 0.5) is 10.6 Å². The van der Waals surface area contributed by atoms with Crippen molar-refractivity contribution in [3.8, 4) is 22.9 Å². The summed E-state index contributed by atoms with van der Waals surface area (Å²) in [7, 11) is 0. The minimum absolute atomic E-state index is 0.135. The third kappa shape index (κ3) is 6.49. The van der Waals surface area contributed by atoms with E-state index in [0.717, 1.165) is 16.9 Å². The molecule has 0 atom stereocenters. The van der Waals surface area contributed by atoms with Gasteiger partial charge in [-0.3, -0.25) is 0 Å². The lowest BCUT2D eigenvalue weighted by molar-refractivity contribution is -0.0163. The minimum atomic E-state index is -0.275. The standard InChI is InChI=1S/C27H34N6O4/c1-19(2)37-26(34)32-10-8-31(9-11-32)24-7-6-20(16-29-24)23-14-22(35-12-13-36-27(3,4)5)18-33-25(23)21(15-28)17-30-33/h6-7,14,16-19H,8-13H2,1-5H3. The maximum absolute atomic E-state index is 12.2. The van der Waals surface area contributed by atoms with Crippen LogP contribution >= 0.6 is 0 Å². The number of carbonyl (C=O) groups is 1. The molecule has 1 amide bonds. The molecule has 0 aliphatic carbocycles. The molecule has 0 radical (unpaired) electrons. The number of amides is 1. The van der Waals surface area contributed by atoms with Crippen LogP contribution in [0, 0.1) is 11.3 Å².